The largest absolute Gasteiger partial charge is 0.361 e. The Bertz CT molecular complexity index is 476. The summed E-state index contributed by atoms with van der Waals surface area (Å²) >= 11 is 1.70. The van der Waals surface area contributed by atoms with Crippen LogP contribution in [-0.2, 0) is 17.6 Å². The summed E-state index contributed by atoms with van der Waals surface area (Å²) in [5.41, 5.74) is 0.677. The van der Waals surface area contributed by atoms with Gasteiger partial charge in [-0.3, -0.25) is 4.79 Å². The molecular formula is C12H14N2O2S. The van der Waals surface area contributed by atoms with Crippen LogP contribution in [0.2, 0.25) is 0 Å². The lowest BCUT2D eigenvalue weighted by atomic mass is 10.2. The van der Waals surface area contributed by atoms with Crippen molar-refractivity contribution in [2.75, 3.05) is 6.54 Å². The molecule has 0 bridgehead atoms. The number of amides is 1. The number of aromatic nitrogens is 1. The average Bonchev–Trinajstić information content (AvgIpc) is 2.90. The molecule has 0 atom stereocenters. The second kappa shape index (κ2) is 5.63. The van der Waals surface area contributed by atoms with Gasteiger partial charge in [0.2, 0.25) is 5.91 Å². The molecule has 1 amide bonds. The molecule has 5 heteroatoms. The Hall–Kier alpha value is -1.62. The van der Waals surface area contributed by atoms with Gasteiger partial charge in [0.25, 0.3) is 0 Å². The van der Waals surface area contributed by atoms with Gasteiger partial charge in [-0.25, -0.2) is 0 Å². The number of carbonyl (C=O) groups excluding carboxylic acids is 1. The molecule has 17 heavy (non-hydrogen) atoms. The zero-order valence-corrected chi connectivity index (χ0v) is 10.4. The van der Waals surface area contributed by atoms with Crippen LogP contribution in [0.3, 0.4) is 0 Å². The topological polar surface area (TPSA) is 55.1 Å². The average molecular weight is 250 g/mol. The van der Waals surface area contributed by atoms with Gasteiger partial charge in [-0.05, 0) is 24.8 Å². The minimum absolute atomic E-state index is 0.0187. The quantitative estimate of drug-likeness (QED) is 0.882. The summed E-state index contributed by atoms with van der Waals surface area (Å²) in [5, 5.41) is 8.68. The number of carbonyl (C=O) groups is 1. The van der Waals surface area contributed by atoms with Crippen LogP contribution < -0.4 is 5.32 Å². The van der Waals surface area contributed by atoms with E-state index >= 15 is 0 Å². The first-order valence-electron chi connectivity index (χ1n) is 5.45. The third kappa shape index (κ3) is 3.71. The summed E-state index contributed by atoms with van der Waals surface area (Å²) in [6.07, 6.45) is 1.16. The Morgan fingerprint density at radius 3 is 3.12 bits per heavy atom. The molecule has 0 radical (unpaired) electrons. The van der Waals surface area contributed by atoms with Gasteiger partial charge in [-0.15, -0.1) is 11.3 Å². The lowest BCUT2D eigenvalue weighted by Gasteiger charge is -2.01. The predicted molar refractivity (Wildman–Crippen MR) is 66.0 cm³/mol. The zero-order valence-electron chi connectivity index (χ0n) is 9.60. The maximum absolute atomic E-state index is 11.6. The molecule has 0 unspecified atom stereocenters. The van der Waals surface area contributed by atoms with Crippen molar-refractivity contribution in [2.45, 2.75) is 19.8 Å². The van der Waals surface area contributed by atoms with Crippen molar-refractivity contribution in [3.05, 3.63) is 39.9 Å². The lowest BCUT2D eigenvalue weighted by Crippen LogP contribution is -2.27. The first-order chi connectivity index (χ1) is 8.24. The van der Waals surface area contributed by atoms with E-state index in [1.807, 2.05) is 18.4 Å². The highest BCUT2D eigenvalue weighted by molar-refractivity contribution is 7.09. The van der Waals surface area contributed by atoms with Crippen molar-refractivity contribution in [3.63, 3.8) is 0 Å². The van der Waals surface area contributed by atoms with Crippen molar-refractivity contribution in [2.24, 2.45) is 0 Å². The first kappa shape index (κ1) is 11.9. The van der Waals surface area contributed by atoms with Gasteiger partial charge >= 0.3 is 0 Å². The van der Waals surface area contributed by atoms with Crippen LogP contribution in [-0.4, -0.2) is 17.6 Å². The summed E-state index contributed by atoms with van der Waals surface area (Å²) in [6.45, 7) is 2.47. The van der Waals surface area contributed by atoms with Gasteiger partial charge < -0.3 is 9.84 Å². The molecule has 2 aromatic rings. The fourth-order valence-corrected chi connectivity index (χ4v) is 2.22. The molecule has 0 aromatic carbocycles. The summed E-state index contributed by atoms with van der Waals surface area (Å²) in [4.78, 5) is 12.8. The number of hydrogen-bond acceptors (Lipinski definition) is 4. The lowest BCUT2D eigenvalue weighted by molar-refractivity contribution is -0.120. The van der Waals surface area contributed by atoms with Crippen LogP contribution in [0.25, 0.3) is 0 Å². The van der Waals surface area contributed by atoms with Crippen molar-refractivity contribution >= 4 is 17.2 Å². The molecule has 2 rings (SSSR count). The number of hydrogen-bond donors (Lipinski definition) is 1. The van der Waals surface area contributed by atoms with Crippen molar-refractivity contribution in [1.82, 2.24) is 10.5 Å². The number of rotatable bonds is 5. The van der Waals surface area contributed by atoms with Gasteiger partial charge in [0.05, 0.1) is 12.1 Å². The van der Waals surface area contributed by atoms with E-state index in [1.54, 1.807) is 17.4 Å². The van der Waals surface area contributed by atoms with Crippen LogP contribution in [0.5, 0.6) is 0 Å². The minimum atomic E-state index is -0.0187. The van der Waals surface area contributed by atoms with E-state index in [-0.39, 0.29) is 12.3 Å². The molecule has 0 aliphatic carbocycles. The molecule has 1 N–H and O–H groups in total. The van der Waals surface area contributed by atoms with Gasteiger partial charge in [-0.2, -0.15) is 0 Å². The van der Waals surface area contributed by atoms with Gasteiger partial charge in [0, 0.05) is 17.5 Å². The van der Waals surface area contributed by atoms with Gasteiger partial charge in [0.15, 0.2) is 0 Å². The molecule has 0 aliphatic rings. The number of thiophene rings is 1. The Morgan fingerprint density at radius 2 is 2.47 bits per heavy atom. The first-order valence-corrected chi connectivity index (χ1v) is 6.33. The number of aryl methyl sites for hydroxylation is 1. The summed E-state index contributed by atoms with van der Waals surface area (Å²) < 4.78 is 4.90. The van der Waals surface area contributed by atoms with Gasteiger partial charge in [-0.1, -0.05) is 11.2 Å². The van der Waals surface area contributed by atoms with Crippen LogP contribution in [0, 0.1) is 6.92 Å². The molecule has 0 saturated carbocycles. The van der Waals surface area contributed by atoms with E-state index in [9.17, 15) is 4.79 Å². The van der Waals surface area contributed by atoms with E-state index in [1.165, 1.54) is 4.88 Å². The second-order valence-corrected chi connectivity index (χ2v) is 4.82. The molecule has 0 spiro atoms. The van der Waals surface area contributed by atoms with E-state index in [4.69, 9.17) is 4.52 Å². The predicted octanol–water partition coefficient (Wildman–Crippen LogP) is 1.95. The molecule has 0 aliphatic heterocycles. The van der Waals surface area contributed by atoms with Crippen molar-refractivity contribution in [1.29, 1.82) is 0 Å². The van der Waals surface area contributed by atoms with Crippen LogP contribution in [0.1, 0.15) is 16.3 Å². The number of nitrogens with zero attached hydrogens (tertiary/aromatic N) is 1. The molecule has 2 aromatic heterocycles. The van der Waals surface area contributed by atoms with Gasteiger partial charge in [0.1, 0.15) is 5.76 Å². The van der Waals surface area contributed by atoms with Crippen LogP contribution in [0.15, 0.2) is 28.1 Å². The maximum Gasteiger partial charge on any atom is 0.226 e. The fourth-order valence-electron chi connectivity index (χ4n) is 1.51. The molecular weight excluding hydrogens is 236 g/mol. The highest BCUT2D eigenvalue weighted by Gasteiger charge is 2.06. The Labute approximate surface area is 104 Å². The number of nitrogens with one attached hydrogen (secondary N) is 1. The summed E-state index contributed by atoms with van der Waals surface area (Å²) in [5.74, 6) is 0.709. The monoisotopic (exact) mass is 250 g/mol. The standard InChI is InChI=1S/C12H14N2O2S/c1-9-7-10(14-16-9)8-12(15)13-5-4-11-3-2-6-17-11/h2-3,6-7H,4-5,8H2,1H3,(H,13,15). The molecule has 2 heterocycles. The normalized spacial score (nSPS) is 10.4. The summed E-state index contributed by atoms with van der Waals surface area (Å²) in [6, 6.07) is 5.86. The molecule has 4 nitrogen and oxygen atoms in total. The van der Waals surface area contributed by atoms with E-state index in [0.29, 0.717) is 12.2 Å². The fraction of sp³-hybridized carbons (Fsp3) is 0.333. The second-order valence-electron chi connectivity index (χ2n) is 3.78. The smallest absolute Gasteiger partial charge is 0.226 e. The molecule has 0 saturated heterocycles. The maximum atomic E-state index is 11.6. The summed E-state index contributed by atoms with van der Waals surface area (Å²) in [7, 11) is 0. The minimum Gasteiger partial charge on any atom is -0.361 e. The van der Waals surface area contributed by atoms with Crippen LogP contribution >= 0.6 is 11.3 Å². The van der Waals surface area contributed by atoms with E-state index in [0.717, 1.165) is 12.2 Å². The molecule has 0 fully saturated rings. The Kier molecular flexibility index (Phi) is 3.93. The van der Waals surface area contributed by atoms with Crippen molar-refractivity contribution < 1.29 is 9.32 Å². The Morgan fingerprint density at radius 1 is 1.59 bits per heavy atom. The van der Waals surface area contributed by atoms with E-state index < -0.39 is 0 Å². The van der Waals surface area contributed by atoms with E-state index in [2.05, 4.69) is 16.5 Å². The highest BCUT2D eigenvalue weighted by Crippen LogP contribution is 2.08. The zero-order chi connectivity index (χ0) is 12.1. The SMILES string of the molecule is Cc1cc(CC(=O)NCCc2cccs2)no1. The highest BCUT2D eigenvalue weighted by atomic mass is 32.1. The third-order valence-electron chi connectivity index (χ3n) is 2.29. The van der Waals surface area contributed by atoms with Crippen molar-refractivity contribution in [3.8, 4) is 0 Å². The van der Waals surface area contributed by atoms with Crippen LogP contribution in [0.4, 0.5) is 0 Å². The Balaban J connectivity index is 1.71. The molecule has 90 valence electrons. The third-order valence-corrected chi connectivity index (χ3v) is 3.23.